The van der Waals surface area contributed by atoms with E-state index in [0.29, 0.717) is 0 Å². The fourth-order valence-electron chi connectivity index (χ4n) is 2.53. The highest BCUT2D eigenvalue weighted by Crippen LogP contribution is 2.09. The minimum atomic E-state index is -0.0636. The van der Waals surface area contributed by atoms with E-state index in [4.69, 9.17) is 0 Å². The van der Waals surface area contributed by atoms with Gasteiger partial charge in [-0.05, 0) is 48.9 Å². The van der Waals surface area contributed by atoms with E-state index in [1.165, 1.54) is 11.1 Å². The van der Waals surface area contributed by atoms with Crippen LogP contribution in [0.4, 0.5) is 0 Å². The van der Waals surface area contributed by atoms with Crippen molar-refractivity contribution >= 4 is 0 Å². The van der Waals surface area contributed by atoms with Crippen molar-refractivity contribution in [1.82, 2.24) is 0 Å². The lowest BCUT2D eigenvalue weighted by molar-refractivity contribution is -0.599. The van der Waals surface area contributed by atoms with Gasteiger partial charge in [-0.1, -0.05) is 52.0 Å². The second-order valence-electron chi connectivity index (χ2n) is 5.36. The summed E-state index contributed by atoms with van der Waals surface area (Å²) in [4.78, 5) is 0. The molecule has 0 saturated heterocycles. The van der Waals surface area contributed by atoms with Gasteiger partial charge in [-0.15, -0.1) is 0 Å². The molecule has 0 bridgehead atoms. The van der Waals surface area contributed by atoms with Crippen molar-refractivity contribution in [2.45, 2.75) is 53.4 Å². The van der Waals surface area contributed by atoms with Gasteiger partial charge in [-0.25, -0.2) is 0 Å². The van der Waals surface area contributed by atoms with Crippen LogP contribution >= 0.6 is 0 Å². The van der Waals surface area contributed by atoms with Gasteiger partial charge in [0, 0.05) is 11.1 Å². The Balaban J connectivity index is 2.33. The van der Waals surface area contributed by atoms with Gasteiger partial charge < -0.3 is 0 Å². The van der Waals surface area contributed by atoms with Crippen molar-refractivity contribution in [3.8, 4) is 0 Å². The Hall–Kier alpha value is -0.830. The van der Waals surface area contributed by atoms with Crippen molar-refractivity contribution < 1.29 is 21.2 Å². The van der Waals surface area contributed by atoms with Crippen molar-refractivity contribution in [3.63, 3.8) is 0 Å². The molecule has 0 aliphatic carbocycles. The molecule has 1 heteroatoms. The average Bonchev–Trinajstić information content (AvgIpc) is 2.55. The van der Waals surface area contributed by atoms with Crippen LogP contribution in [0.25, 0.3) is 0 Å². The quantitative estimate of drug-likeness (QED) is 0.660. The van der Waals surface area contributed by atoms with Gasteiger partial charge >= 0.3 is 21.2 Å². The predicted octanol–water partition coefficient (Wildman–Crippen LogP) is 2.06. The first kappa shape index (κ1) is 16.5. The molecular weight excluding hydrogens is 367 g/mol. The van der Waals surface area contributed by atoms with E-state index >= 15 is 0 Å². The molecule has 0 spiro atoms. The highest BCUT2D eigenvalue weighted by molar-refractivity contribution is 5.25. The summed E-state index contributed by atoms with van der Waals surface area (Å²) in [5.41, 5.74) is 6.06. The van der Waals surface area contributed by atoms with Crippen LogP contribution in [0.1, 0.15) is 49.9 Å². The third kappa shape index (κ3) is 4.09. The van der Waals surface area contributed by atoms with E-state index in [0.717, 1.165) is 25.7 Å². The second kappa shape index (κ2) is 7.98. The molecule has 2 rings (SSSR count). The maximum atomic E-state index is 2.42. The van der Waals surface area contributed by atoms with E-state index < -0.39 is 0 Å². The maximum absolute atomic E-state index is 2.42. The Bertz CT molecular complexity index is 545. The molecular formula is C20H26I+. The molecule has 0 N–H and O–H groups in total. The summed E-state index contributed by atoms with van der Waals surface area (Å²) in [7, 11) is 0. The van der Waals surface area contributed by atoms with Crippen LogP contribution in [0.5, 0.6) is 0 Å². The summed E-state index contributed by atoms with van der Waals surface area (Å²) in [6.45, 7) is 9.04. The lowest BCUT2D eigenvalue weighted by Gasteiger charge is -2.04. The molecule has 0 fully saturated rings. The van der Waals surface area contributed by atoms with E-state index in [1.54, 1.807) is 18.3 Å². The Morgan fingerprint density at radius 2 is 1.05 bits per heavy atom. The van der Waals surface area contributed by atoms with Crippen LogP contribution in [0.3, 0.4) is 0 Å². The zero-order valence-corrected chi connectivity index (χ0v) is 15.8. The smallest absolute Gasteiger partial charge is 0.0613 e. The zero-order chi connectivity index (χ0) is 15.2. The second-order valence-corrected chi connectivity index (χ2v) is 8.22. The van der Waals surface area contributed by atoms with Gasteiger partial charge in [-0.2, -0.15) is 0 Å². The van der Waals surface area contributed by atoms with Crippen LogP contribution < -0.4 is 21.2 Å². The van der Waals surface area contributed by atoms with Crippen LogP contribution in [0.15, 0.2) is 36.4 Å². The first-order chi connectivity index (χ1) is 10.2. The normalized spacial score (nSPS) is 10.9. The molecule has 0 aliphatic heterocycles. The summed E-state index contributed by atoms with van der Waals surface area (Å²) < 4.78 is 3.21. The van der Waals surface area contributed by atoms with Gasteiger partial charge in [0.15, 0.2) is 7.14 Å². The van der Waals surface area contributed by atoms with Crippen LogP contribution in [-0.4, -0.2) is 0 Å². The molecule has 0 radical (unpaired) electrons. The van der Waals surface area contributed by atoms with Crippen LogP contribution in [0, 0.1) is 7.14 Å². The fraction of sp³-hybridized carbons (Fsp3) is 0.400. The van der Waals surface area contributed by atoms with E-state index in [1.807, 2.05) is 0 Å². The largest absolute Gasteiger partial charge is 0.358 e. The predicted molar refractivity (Wildman–Crippen MR) is 87.8 cm³/mol. The van der Waals surface area contributed by atoms with Gasteiger partial charge in [-0.3, -0.25) is 0 Å². The summed E-state index contributed by atoms with van der Waals surface area (Å²) in [6, 6.07) is 14.2. The SMILES string of the molecule is CCc1ccc([I+]c2ccc(CC)cc2CC)c(CC)c1. The lowest BCUT2D eigenvalue weighted by Crippen LogP contribution is -3.62. The molecule has 21 heavy (non-hydrogen) atoms. The number of rotatable bonds is 6. The van der Waals surface area contributed by atoms with Gasteiger partial charge in [0.2, 0.25) is 0 Å². The average molecular weight is 393 g/mol. The minimum Gasteiger partial charge on any atom is -0.0613 e. The highest BCUT2D eigenvalue weighted by Gasteiger charge is 2.22. The lowest BCUT2D eigenvalue weighted by atomic mass is 10.1. The summed E-state index contributed by atoms with van der Waals surface area (Å²) in [5, 5.41) is 0. The molecule has 0 aromatic heterocycles. The molecule has 2 aromatic rings. The molecule has 0 saturated carbocycles. The number of hydrogen-bond acceptors (Lipinski definition) is 0. The summed E-state index contributed by atoms with van der Waals surface area (Å²) in [6.07, 6.45) is 4.57. The summed E-state index contributed by atoms with van der Waals surface area (Å²) in [5.74, 6) is 0. The fourth-order valence-corrected chi connectivity index (χ4v) is 5.64. The molecule has 112 valence electrons. The van der Waals surface area contributed by atoms with Gasteiger partial charge in [0.1, 0.15) is 0 Å². The monoisotopic (exact) mass is 393 g/mol. The maximum Gasteiger partial charge on any atom is 0.358 e. The highest BCUT2D eigenvalue weighted by atomic mass is 127. The standard InChI is InChI=1S/C20H26I/c1-5-15-9-11-19(17(7-3)13-15)21-20-12-10-16(6-2)14-18(20)8-4/h9-14H,5-8H2,1-4H3/q+1. The Morgan fingerprint density at radius 3 is 1.38 bits per heavy atom. The minimum absolute atomic E-state index is 0.0636. The number of benzene rings is 2. The first-order valence-corrected chi connectivity index (χ1v) is 10.3. The van der Waals surface area contributed by atoms with Gasteiger partial charge in [0.25, 0.3) is 0 Å². The first-order valence-electron chi connectivity index (χ1n) is 8.10. The van der Waals surface area contributed by atoms with Crippen LogP contribution in [-0.2, 0) is 25.7 Å². The number of aryl methyl sites for hydroxylation is 4. The zero-order valence-electron chi connectivity index (χ0n) is 13.7. The Kier molecular flexibility index (Phi) is 6.28. The Labute approximate surface area is 140 Å². The molecule has 0 nitrogen and oxygen atoms in total. The molecule has 0 amide bonds. The third-order valence-corrected chi connectivity index (χ3v) is 7.27. The van der Waals surface area contributed by atoms with E-state index in [2.05, 4.69) is 64.1 Å². The molecule has 0 atom stereocenters. The molecule has 0 unspecified atom stereocenters. The third-order valence-electron chi connectivity index (χ3n) is 4.00. The summed E-state index contributed by atoms with van der Waals surface area (Å²) >= 11 is -0.0636. The van der Waals surface area contributed by atoms with Gasteiger partial charge in [0.05, 0.1) is 0 Å². The molecule has 0 heterocycles. The molecule has 0 aliphatic rings. The molecule has 2 aromatic carbocycles. The van der Waals surface area contributed by atoms with Crippen molar-refractivity contribution in [3.05, 3.63) is 65.8 Å². The van der Waals surface area contributed by atoms with Crippen LogP contribution in [0.2, 0.25) is 0 Å². The number of halogens is 1. The van der Waals surface area contributed by atoms with Crippen molar-refractivity contribution in [2.24, 2.45) is 0 Å². The number of hydrogen-bond donors (Lipinski definition) is 0. The Morgan fingerprint density at radius 1 is 0.619 bits per heavy atom. The van der Waals surface area contributed by atoms with Crippen molar-refractivity contribution in [1.29, 1.82) is 0 Å². The topological polar surface area (TPSA) is 0 Å². The van der Waals surface area contributed by atoms with E-state index in [-0.39, 0.29) is 21.2 Å². The van der Waals surface area contributed by atoms with E-state index in [9.17, 15) is 0 Å². The van der Waals surface area contributed by atoms with Crippen molar-refractivity contribution in [2.75, 3.05) is 0 Å².